The molecule has 3 aromatic carbocycles. The summed E-state index contributed by atoms with van der Waals surface area (Å²) < 4.78 is 3.52. The molecule has 6 heteroatoms. The monoisotopic (exact) mass is 405 g/mol. The van der Waals surface area contributed by atoms with Crippen LogP contribution in [-0.2, 0) is 0 Å². The van der Waals surface area contributed by atoms with Crippen LogP contribution in [0.3, 0.4) is 0 Å². The van der Waals surface area contributed by atoms with Gasteiger partial charge in [-0.05, 0) is 42.0 Å². The minimum Gasteiger partial charge on any atom is -0.353 e. The van der Waals surface area contributed by atoms with Crippen molar-refractivity contribution in [2.75, 3.05) is 5.32 Å². The molecule has 28 heavy (non-hydrogen) atoms. The molecule has 2 heterocycles. The number of rotatable bonds is 3. The van der Waals surface area contributed by atoms with Gasteiger partial charge >= 0.3 is 5.69 Å². The van der Waals surface area contributed by atoms with Crippen molar-refractivity contribution in [2.45, 2.75) is 10.4 Å². The molecule has 0 amide bonds. The van der Waals surface area contributed by atoms with Crippen molar-refractivity contribution < 1.29 is 0 Å². The van der Waals surface area contributed by atoms with Crippen LogP contribution in [0.1, 0.15) is 10.9 Å². The summed E-state index contributed by atoms with van der Waals surface area (Å²) in [6, 6.07) is 27.2. The van der Waals surface area contributed by atoms with E-state index in [9.17, 15) is 4.79 Å². The van der Waals surface area contributed by atoms with Crippen molar-refractivity contribution in [3.05, 3.63) is 106 Å². The molecule has 1 N–H and O–H groups in total. The number of benzene rings is 3. The van der Waals surface area contributed by atoms with Crippen molar-refractivity contribution >= 4 is 29.2 Å². The second-order valence-electron chi connectivity index (χ2n) is 6.47. The number of para-hydroxylation sites is 2. The molecule has 1 unspecified atom stereocenters. The average molecular weight is 406 g/mol. The van der Waals surface area contributed by atoms with Crippen molar-refractivity contribution in [3.8, 4) is 11.4 Å². The van der Waals surface area contributed by atoms with Crippen LogP contribution < -0.4 is 11.0 Å². The zero-order valence-corrected chi connectivity index (χ0v) is 16.3. The quantitative estimate of drug-likeness (QED) is 0.489. The molecule has 1 atom stereocenters. The summed E-state index contributed by atoms with van der Waals surface area (Å²) in [5.41, 5.74) is 2.71. The van der Waals surface area contributed by atoms with Crippen molar-refractivity contribution in [1.82, 2.24) is 9.13 Å². The molecule has 0 aliphatic carbocycles. The van der Waals surface area contributed by atoms with Crippen molar-refractivity contribution in [1.29, 1.82) is 0 Å². The highest BCUT2D eigenvalue weighted by Gasteiger charge is 2.32. The van der Waals surface area contributed by atoms with Crippen LogP contribution in [0.2, 0.25) is 5.02 Å². The molecule has 1 aliphatic heterocycles. The van der Waals surface area contributed by atoms with Crippen LogP contribution in [0.5, 0.6) is 0 Å². The van der Waals surface area contributed by atoms with Gasteiger partial charge in [0.05, 0.1) is 11.4 Å². The van der Waals surface area contributed by atoms with E-state index in [0.29, 0.717) is 5.02 Å². The summed E-state index contributed by atoms with van der Waals surface area (Å²) in [6.07, 6.45) is 0. The summed E-state index contributed by atoms with van der Waals surface area (Å²) in [4.78, 5) is 13.3. The molecular weight excluding hydrogens is 390 g/mol. The maximum absolute atomic E-state index is 13.3. The Balaban J connectivity index is 1.68. The van der Waals surface area contributed by atoms with Gasteiger partial charge in [0.2, 0.25) is 0 Å². The first-order valence-corrected chi connectivity index (χ1v) is 10.2. The lowest BCUT2D eigenvalue weighted by atomic mass is 10.2. The highest BCUT2D eigenvalue weighted by molar-refractivity contribution is 8.00. The topological polar surface area (TPSA) is 39.0 Å². The first-order chi connectivity index (χ1) is 13.7. The van der Waals surface area contributed by atoms with Gasteiger partial charge in [-0.3, -0.25) is 4.57 Å². The number of nitrogens with zero attached hydrogens (tertiary/aromatic N) is 2. The van der Waals surface area contributed by atoms with Gasteiger partial charge in [0.1, 0.15) is 16.2 Å². The van der Waals surface area contributed by atoms with Gasteiger partial charge in [-0.15, -0.1) is 0 Å². The fraction of sp³-hybridized carbons (Fsp3) is 0.0455. The Morgan fingerprint density at radius 2 is 1.36 bits per heavy atom. The van der Waals surface area contributed by atoms with E-state index in [1.165, 1.54) is 0 Å². The fourth-order valence-electron chi connectivity index (χ4n) is 3.39. The van der Waals surface area contributed by atoms with Gasteiger partial charge in [-0.1, -0.05) is 71.9 Å². The van der Waals surface area contributed by atoms with Crippen LogP contribution in [0.4, 0.5) is 5.82 Å². The summed E-state index contributed by atoms with van der Waals surface area (Å²) >= 11 is 7.68. The van der Waals surface area contributed by atoms with E-state index < -0.39 is 0 Å². The average Bonchev–Trinajstić information content (AvgIpc) is 3.25. The summed E-state index contributed by atoms with van der Waals surface area (Å²) in [5, 5.41) is 5.15. The number of hydrogen-bond donors (Lipinski definition) is 1. The van der Waals surface area contributed by atoms with Crippen LogP contribution in [0.15, 0.2) is 94.7 Å². The van der Waals surface area contributed by atoms with Gasteiger partial charge in [-0.2, -0.15) is 0 Å². The van der Waals surface area contributed by atoms with E-state index in [0.717, 1.165) is 27.8 Å². The Hall–Kier alpha value is -2.89. The van der Waals surface area contributed by atoms with Gasteiger partial charge in [0.25, 0.3) is 0 Å². The molecule has 4 nitrogen and oxygen atoms in total. The number of hydrogen-bond acceptors (Lipinski definition) is 3. The zero-order valence-electron chi connectivity index (χ0n) is 14.7. The molecule has 1 aromatic heterocycles. The fourth-order valence-corrected chi connectivity index (χ4v) is 4.76. The van der Waals surface area contributed by atoms with Gasteiger partial charge in [0.15, 0.2) is 0 Å². The van der Waals surface area contributed by atoms with E-state index in [4.69, 9.17) is 11.6 Å². The highest BCUT2D eigenvalue weighted by Crippen LogP contribution is 2.47. The molecular formula is C22H16ClN3OS. The molecule has 0 fully saturated rings. The third kappa shape index (κ3) is 2.84. The molecule has 0 radical (unpaired) electrons. The Kier molecular flexibility index (Phi) is 4.26. The Morgan fingerprint density at radius 3 is 1.96 bits per heavy atom. The Labute approximate surface area is 171 Å². The minimum absolute atomic E-state index is 0.00721. The molecule has 1 aliphatic rings. The van der Waals surface area contributed by atoms with E-state index in [1.807, 2.05) is 84.9 Å². The Morgan fingerprint density at radius 1 is 0.786 bits per heavy atom. The normalized spacial score (nSPS) is 15.2. The maximum Gasteiger partial charge on any atom is 0.339 e. The number of nitrogens with one attached hydrogen (secondary N) is 1. The van der Waals surface area contributed by atoms with Crippen LogP contribution >= 0.6 is 23.4 Å². The first kappa shape index (κ1) is 17.2. The number of anilines is 1. The third-order valence-corrected chi connectivity index (χ3v) is 6.19. The predicted molar refractivity (Wildman–Crippen MR) is 115 cm³/mol. The SMILES string of the molecule is O=c1n(-c2ccccc2)c2c(n1-c1ccccc1)SC(c1ccc(Cl)cc1)N2. The van der Waals surface area contributed by atoms with Crippen molar-refractivity contribution in [3.63, 3.8) is 0 Å². The van der Waals surface area contributed by atoms with Crippen molar-refractivity contribution in [2.24, 2.45) is 0 Å². The molecule has 0 saturated heterocycles. The lowest BCUT2D eigenvalue weighted by molar-refractivity contribution is 0.867. The second-order valence-corrected chi connectivity index (χ2v) is 8.00. The van der Waals surface area contributed by atoms with Crippen LogP contribution in [0, 0.1) is 0 Å². The lowest BCUT2D eigenvalue weighted by Gasteiger charge is -2.14. The molecule has 0 bridgehead atoms. The smallest absolute Gasteiger partial charge is 0.339 e. The largest absolute Gasteiger partial charge is 0.353 e. The number of halogens is 1. The molecule has 0 spiro atoms. The molecule has 0 saturated carbocycles. The summed E-state index contributed by atoms with van der Waals surface area (Å²) in [5.74, 6) is 0.810. The zero-order chi connectivity index (χ0) is 19.1. The molecule has 138 valence electrons. The van der Waals surface area contributed by atoms with Gasteiger partial charge in [-0.25, -0.2) is 9.36 Å². The second kappa shape index (κ2) is 6.93. The number of imidazole rings is 1. The predicted octanol–water partition coefficient (Wildman–Crippen LogP) is 5.50. The number of thioether (sulfide) groups is 1. The van der Waals surface area contributed by atoms with Gasteiger partial charge in [0, 0.05) is 5.02 Å². The highest BCUT2D eigenvalue weighted by atomic mass is 35.5. The maximum atomic E-state index is 13.3. The van der Waals surface area contributed by atoms with Crippen LogP contribution in [0.25, 0.3) is 11.4 Å². The van der Waals surface area contributed by atoms with Crippen LogP contribution in [-0.4, -0.2) is 9.13 Å². The molecule has 5 rings (SSSR count). The number of aromatic nitrogens is 2. The number of fused-ring (bicyclic) bond motifs is 1. The lowest BCUT2D eigenvalue weighted by Crippen LogP contribution is -2.24. The van der Waals surface area contributed by atoms with E-state index >= 15 is 0 Å². The Bertz CT molecular complexity index is 1110. The molecule has 4 aromatic rings. The summed E-state index contributed by atoms with van der Waals surface area (Å²) in [7, 11) is 0. The van der Waals surface area contributed by atoms with E-state index in [2.05, 4.69) is 5.32 Å². The van der Waals surface area contributed by atoms with E-state index in [1.54, 1.807) is 20.9 Å². The van der Waals surface area contributed by atoms with E-state index in [-0.39, 0.29) is 11.1 Å². The first-order valence-electron chi connectivity index (χ1n) is 8.89. The standard InChI is InChI=1S/C22H16ClN3OS/c23-16-13-11-15(12-14-16)20-24-19-21(28-20)26(18-9-5-2-6-10-18)22(27)25(19)17-7-3-1-4-8-17/h1-14,20,24H. The van der Waals surface area contributed by atoms with Gasteiger partial charge < -0.3 is 5.32 Å². The summed E-state index contributed by atoms with van der Waals surface area (Å²) in [6.45, 7) is 0. The third-order valence-electron chi connectivity index (χ3n) is 4.71. The minimum atomic E-state index is -0.0862.